The normalized spacial score (nSPS) is 9.92. The van der Waals surface area contributed by atoms with E-state index in [4.69, 9.17) is 0 Å². The van der Waals surface area contributed by atoms with Crippen molar-refractivity contribution in [3.63, 3.8) is 0 Å². The number of carbonyl (C=O) groups is 2. The maximum absolute atomic E-state index is 11.6. The average molecular weight is 330 g/mol. The summed E-state index contributed by atoms with van der Waals surface area (Å²) < 4.78 is 9.21. The van der Waals surface area contributed by atoms with Crippen molar-refractivity contribution in [2.75, 3.05) is 19.5 Å². The summed E-state index contributed by atoms with van der Waals surface area (Å²) in [5.41, 5.74) is 0.971. The van der Waals surface area contributed by atoms with E-state index in [1.807, 2.05) is 0 Å². The molecule has 2 rings (SSSR count). The number of hydrogen-bond donors (Lipinski definition) is 1. The largest absolute Gasteiger partial charge is 0.465 e. The van der Waals surface area contributed by atoms with Gasteiger partial charge in [0.2, 0.25) is 0 Å². The van der Waals surface area contributed by atoms with Gasteiger partial charge in [0.05, 0.1) is 30.3 Å². The summed E-state index contributed by atoms with van der Waals surface area (Å²) in [6.07, 6.45) is 0. The monoisotopic (exact) mass is 330 g/mol. The third-order valence-electron chi connectivity index (χ3n) is 3.20. The van der Waals surface area contributed by atoms with E-state index in [0.29, 0.717) is 11.3 Å². The number of nitro groups is 1. The van der Waals surface area contributed by atoms with Crippen LogP contribution < -0.4 is 5.32 Å². The maximum atomic E-state index is 11.6. The molecule has 0 saturated heterocycles. The van der Waals surface area contributed by atoms with Gasteiger partial charge in [0.15, 0.2) is 0 Å². The highest BCUT2D eigenvalue weighted by Gasteiger charge is 2.17. The second-order valence-corrected chi connectivity index (χ2v) is 4.67. The molecule has 0 aliphatic carbocycles. The lowest BCUT2D eigenvalue weighted by Crippen LogP contribution is -2.04. The van der Waals surface area contributed by atoms with Crippen LogP contribution in [0.2, 0.25) is 0 Å². The van der Waals surface area contributed by atoms with Crippen molar-refractivity contribution in [2.24, 2.45) is 0 Å². The Bertz CT molecular complexity index is 786. The summed E-state index contributed by atoms with van der Waals surface area (Å²) >= 11 is 0. The number of nitrogens with zero attached hydrogens (tertiary/aromatic N) is 1. The van der Waals surface area contributed by atoms with Crippen molar-refractivity contribution < 1.29 is 24.0 Å². The van der Waals surface area contributed by atoms with Crippen molar-refractivity contribution in [1.82, 2.24) is 0 Å². The van der Waals surface area contributed by atoms with Crippen molar-refractivity contribution in [3.05, 3.63) is 63.7 Å². The molecule has 0 saturated carbocycles. The molecule has 0 aliphatic rings. The number of benzene rings is 2. The minimum Gasteiger partial charge on any atom is -0.465 e. The number of rotatable bonds is 5. The Balaban J connectivity index is 2.34. The van der Waals surface area contributed by atoms with E-state index >= 15 is 0 Å². The third kappa shape index (κ3) is 3.67. The van der Waals surface area contributed by atoms with E-state index in [1.165, 1.54) is 44.6 Å². The zero-order valence-electron chi connectivity index (χ0n) is 12.9. The maximum Gasteiger partial charge on any atom is 0.337 e. The van der Waals surface area contributed by atoms with Crippen molar-refractivity contribution in [1.29, 1.82) is 0 Å². The van der Waals surface area contributed by atoms with Crippen LogP contribution in [0, 0.1) is 10.1 Å². The molecule has 0 heterocycles. The van der Waals surface area contributed by atoms with E-state index in [-0.39, 0.29) is 16.9 Å². The van der Waals surface area contributed by atoms with Gasteiger partial charge in [-0.3, -0.25) is 10.1 Å². The minimum atomic E-state index is -0.603. The van der Waals surface area contributed by atoms with Crippen LogP contribution in [0.5, 0.6) is 0 Å². The molecule has 2 aromatic rings. The number of esters is 2. The van der Waals surface area contributed by atoms with Gasteiger partial charge in [0.1, 0.15) is 5.69 Å². The topological polar surface area (TPSA) is 108 Å². The molecule has 0 unspecified atom stereocenters. The summed E-state index contributed by atoms with van der Waals surface area (Å²) in [4.78, 5) is 33.5. The molecule has 0 amide bonds. The molecule has 0 fully saturated rings. The van der Waals surface area contributed by atoms with Crippen LogP contribution in [0.25, 0.3) is 0 Å². The molecular formula is C16H14N2O6. The first kappa shape index (κ1) is 16.9. The Morgan fingerprint density at radius 1 is 0.958 bits per heavy atom. The molecule has 0 spiro atoms. The van der Waals surface area contributed by atoms with Gasteiger partial charge in [-0.1, -0.05) is 0 Å². The Hall–Kier alpha value is -3.42. The number of carbonyl (C=O) groups excluding carboxylic acids is 2. The minimum absolute atomic E-state index is 0.133. The lowest BCUT2D eigenvalue weighted by atomic mass is 10.1. The van der Waals surface area contributed by atoms with Crippen LogP contribution >= 0.6 is 0 Å². The number of hydrogen-bond acceptors (Lipinski definition) is 7. The summed E-state index contributed by atoms with van der Waals surface area (Å²) in [6.45, 7) is 0. The number of anilines is 2. The van der Waals surface area contributed by atoms with Gasteiger partial charge in [-0.25, -0.2) is 9.59 Å². The summed E-state index contributed by atoms with van der Waals surface area (Å²) in [5.74, 6) is -1.09. The Labute approximate surface area is 137 Å². The fourth-order valence-corrected chi connectivity index (χ4v) is 2.00. The molecule has 8 nitrogen and oxygen atoms in total. The standard InChI is InChI=1S/C16H14N2O6/c1-23-15(19)10-3-6-12(7-4-10)17-13-9-11(16(20)24-2)5-8-14(13)18(21)22/h3-9,17H,1-2H3. The van der Waals surface area contributed by atoms with Gasteiger partial charge in [0, 0.05) is 11.8 Å². The first-order valence-electron chi connectivity index (χ1n) is 6.78. The molecule has 0 radical (unpaired) electrons. The molecule has 0 aliphatic heterocycles. The molecule has 0 aromatic heterocycles. The third-order valence-corrected chi connectivity index (χ3v) is 3.20. The predicted octanol–water partition coefficient (Wildman–Crippen LogP) is 2.91. The van der Waals surface area contributed by atoms with Gasteiger partial charge in [-0.05, 0) is 36.4 Å². The van der Waals surface area contributed by atoms with Crippen LogP contribution in [0.3, 0.4) is 0 Å². The molecule has 2 aromatic carbocycles. The van der Waals surface area contributed by atoms with E-state index in [2.05, 4.69) is 14.8 Å². The first-order chi connectivity index (χ1) is 11.5. The fraction of sp³-hybridized carbons (Fsp3) is 0.125. The summed E-state index contributed by atoms with van der Waals surface area (Å²) in [5, 5.41) is 14.0. The van der Waals surface area contributed by atoms with Gasteiger partial charge >= 0.3 is 11.9 Å². The second kappa shape index (κ2) is 7.23. The highest BCUT2D eigenvalue weighted by atomic mass is 16.6. The fourth-order valence-electron chi connectivity index (χ4n) is 2.00. The predicted molar refractivity (Wildman–Crippen MR) is 85.5 cm³/mol. The molecule has 0 bridgehead atoms. The smallest absolute Gasteiger partial charge is 0.337 e. The molecule has 8 heteroatoms. The van der Waals surface area contributed by atoms with E-state index in [0.717, 1.165) is 0 Å². The van der Waals surface area contributed by atoms with E-state index in [9.17, 15) is 19.7 Å². The zero-order chi connectivity index (χ0) is 17.7. The van der Waals surface area contributed by atoms with Crippen LogP contribution in [-0.4, -0.2) is 31.1 Å². The Morgan fingerprint density at radius 3 is 2.04 bits per heavy atom. The summed E-state index contributed by atoms with van der Waals surface area (Å²) in [7, 11) is 2.50. The lowest BCUT2D eigenvalue weighted by molar-refractivity contribution is -0.383. The highest BCUT2D eigenvalue weighted by Crippen LogP contribution is 2.29. The zero-order valence-corrected chi connectivity index (χ0v) is 12.9. The molecule has 0 atom stereocenters. The Kier molecular flexibility index (Phi) is 5.10. The van der Waals surface area contributed by atoms with Crippen LogP contribution in [-0.2, 0) is 9.47 Å². The van der Waals surface area contributed by atoms with E-state index < -0.39 is 16.9 Å². The first-order valence-corrected chi connectivity index (χ1v) is 6.78. The number of nitro benzene ring substituents is 1. The molecule has 1 N–H and O–H groups in total. The number of ether oxygens (including phenoxy) is 2. The molecule has 24 heavy (non-hydrogen) atoms. The van der Waals surface area contributed by atoms with Crippen LogP contribution in [0.4, 0.5) is 17.1 Å². The van der Waals surface area contributed by atoms with Crippen molar-refractivity contribution in [2.45, 2.75) is 0 Å². The number of nitrogens with one attached hydrogen (secondary N) is 1. The van der Waals surface area contributed by atoms with Gasteiger partial charge < -0.3 is 14.8 Å². The van der Waals surface area contributed by atoms with Crippen LogP contribution in [0.1, 0.15) is 20.7 Å². The van der Waals surface area contributed by atoms with Crippen LogP contribution in [0.15, 0.2) is 42.5 Å². The van der Waals surface area contributed by atoms with Crippen molar-refractivity contribution in [3.8, 4) is 0 Å². The summed E-state index contributed by atoms with van der Waals surface area (Å²) in [6, 6.07) is 10.0. The molecular weight excluding hydrogens is 316 g/mol. The van der Waals surface area contributed by atoms with E-state index in [1.54, 1.807) is 12.1 Å². The molecule has 124 valence electrons. The lowest BCUT2D eigenvalue weighted by Gasteiger charge is -2.09. The second-order valence-electron chi connectivity index (χ2n) is 4.67. The Morgan fingerprint density at radius 2 is 1.50 bits per heavy atom. The quantitative estimate of drug-likeness (QED) is 0.510. The van der Waals surface area contributed by atoms with Gasteiger partial charge in [-0.2, -0.15) is 0 Å². The SMILES string of the molecule is COC(=O)c1ccc(Nc2cc(C(=O)OC)ccc2[N+](=O)[O-])cc1. The van der Waals surface area contributed by atoms with Gasteiger partial charge in [-0.15, -0.1) is 0 Å². The number of methoxy groups -OCH3 is 2. The average Bonchev–Trinajstić information content (AvgIpc) is 2.60. The highest BCUT2D eigenvalue weighted by molar-refractivity contribution is 5.92. The van der Waals surface area contributed by atoms with Gasteiger partial charge in [0.25, 0.3) is 5.69 Å². The van der Waals surface area contributed by atoms with Crippen molar-refractivity contribution >= 4 is 29.0 Å².